The average Bonchev–Trinajstić information content (AvgIpc) is 3.11. The quantitative estimate of drug-likeness (QED) is 0.831. The number of hydrogen-bond donors (Lipinski definition) is 2. The van der Waals surface area contributed by atoms with Gasteiger partial charge in [-0.25, -0.2) is 0 Å². The summed E-state index contributed by atoms with van der Waals surface area (Å²) in [5.41, 5.74) is 2.50. The second kappa shape index (κ2) is 8.15. The van der Waals surface area contributed by atoms with E-state index < -0.39 is 0 Å². The molecule has 1 unspecified atom stereocenters. The van der Waals surface area contributed by atoms with E-state index in [9.17, 15) is 4.79 Å². The fraction of sp³-hybridized carbons (Fsp3) is 0.588. The summed E-state index contributed by atoms with van der Waals surface area (Å²) in [6, 6.07) is 8.59. The van der Waals surface area contributed by atoms with E-state index >= 15 is 0 Å². The van der Waals surface area contributed by atoms with Crippen LogP contribution in [0.25, 0.3) is 0 Å². The Morgan fingerprint density at radius 3 is 2.57 bits per heavy atom. The monoisotopic (exact) mass is 334 g/mol. The Kier molecular flexibility index (Phi) is 5.94. The topological polar surface area (TPSA) is 47.6 Å². The lowest BCUT2D eigenvalue weighted by Gasteiger charge is -2.32. The summed E-state index contributed by atoms with van der Waals surface area (Å²) in [5.74, 6) is 1.85. The van der Waals surface area contributed by atoms with Gasteiger partial charge in [0.2, 0.25) is 5.91 Å². The van der Waals surface area contributed by atoms with Gasteiger partial charge in [0.25, 0.3) is 0 Å². The van der Waals surface area contributed by atoms with Crippen LogP contribution in [0.1, 0.15) is 11.1 Å². The molecule has 2 N–H and O–H groups in total. The van der Waals surface area contributed by atoms with E-state index in [0.717, 1.165) is 49.9 Å². The standard InChI is InChI=1S/C17H26N4OS/c1-20-6-8-21(9-7-20)11-15-4-2-14(3-5-15)10-18-17(22)16-12-23-13-19-16/h2-5,16,19H,6-13H2,1H3,(H,18,22). The minimum absolute atomic E-state index is 0.0310. The Labute approximate surface area is 142 Å². The summed E-state index contributed by atoms with van der Waals surface area (Å²) < 4.78 is 0. The number of carbonyl (C=O) groups excluding carboxylic acids is 1. The number of likely N-dealkylation sites (N-methyl/N-ethyl adjacent to an activating group) is 1. The molecule has 2 aliphatic rings. The molecule has 1 amide bonds. The van der Waals surface area contributed by atoms with Gasteiger partial charge in [-0.2, -0.15) is 0 Å². The number of benzene rings is 1. The Morgan fingerprint density at radius 2 is 1.91 bits per heavy atom. The zero-order chi connectivity index (χ0) is 16.1. The molecule has 1 atom stereocenters. The van der Waals surface area contributed by atoms with Gasteiger partial charge in [-0.3, -0.25) is 15.0 Å². The third kappa shape index (κ3) is 4.94. The first-order valence-electron chi connectivity index (χ1n) is 8.28. The van der Waals surface area contributed by atoms with Gasteiger partial charge in [0.15, 0.2) is 0 Å². The summed E-state index contributed by atoms with van der Waals surface area (Å²) in [5, 5.41) is 6.21. The zero-order valence-corrected chi connectivity index (χ0v) is 14.6. The first-order chi connectivity index (χ1) is 11.2. The smallest absolute Gasteiger partial charge is 0.238 e. The largest absolute Gasteiger partial charge is 0.351 e. The molecule has 0 aliphatic carbocycles. The maximum absolute atomic E-state index is 12.0. The Bertz CT molecular complexity index is 508. The third-order valence-corrected chi connectivity index (χ3v) is 5.46. The molecule has 0 bridgehead atoms. The van der Waals surface area contributed by atoms with Gasteiger partial charge in [-0.15, -0.1) is 11.8 Å². The summed E-state index contributed by atoms with van der Waals surface area (Å²) in [4.78, 5) is 16.9. The second-order valence-corrected chi connectivity index (χ2v) is 7.42. The lowest BCUT2D eigenvalue weighted by molar-refractivity contribution is -0.122. The van der Waals surface area contributed by atoms with Crippen molar-refractivity contribution in [1.82, 2.24) is 20.4 Å². The van der Waals surface area contributed by atoms with Crippen molar-refractivity contribution < 1.29 is 4.79 Å². The Morgan fingerprint density at radius 1 is 1.22 bits per heavy atom. The predicted octanol–water partition coefficient (Wildman–Crippen LogP) is 0.713. The molecule has 1 aromatic rings. The van der Waals surface area contributed by atoms with Crippen LogP contribution in [-0.2, 0) is 17.9 Å². The number of nitrogens with one attached hydrogen (secondary N) is 2. The van der Waals surface area contributed by atoms with Gasteiger partial charge >= 0.3 is 0 Å². The molecule has 6 heteroatoms. The van der Waals surface area contributed by atoms with Crippen molar-refractivity contribution in [2.24, 2.45) is 0 Å². The number of amides is 1. The molecule has 126 valence electrons. The van der Waals surface area contributed by atoms with Gasteiger partial charge in [0.05, 0.1) is 6.04 Å². The molecule has 2 fully saturated rings. The predicted molar refractivity (Wildman–Crippen MR) is 95.3 cm³/mol. The van der Waals surface area contributed by atoms with Gasteiger partial charge in [-0.1, -0.05) is 24.3 Å². The van der Waals surface area contributed by atoms with E-state index in [4.69, 9.17) is 0 Å². The van der Waals surface area contributed by atoms with Crippen molar-refractivity contribution in [3.05, 3.63) is 35.4 Å². The molecule has 0 spiro atoms. The minimum Gasteiger partial charge on any atom is -0.351 e. The van der Waals surface area contributed by atoms with Crippen molar-refractivity contribution in [1.29, 1.82) is 0 Å². The zero-order valence-electron chi connectivity index (χ0n) is 13.8. The van der Waals surface area contributed by atoms with Gasteiger partial charge < -0.3 is 10.2 Å². The summed E-state index contributed by atoms with van der Waals surface area (Å²) in [6.07, 6.45) is 0. The fourth-order valence-corrected chi connectivity index (χ4v) is 3.84. The van der Waals surface area contributed by atoms with Crippen LogP contribution in [0.15, 0.2) is 24.3 Å². The van der Waals surface area contributed by atoms with E-state index in [1.807, 2.05) is 0 Å². The molecule has 2 heterocycles. The molecule has 5 nitrogen and oxygen atoms in total. The lowest BCUT2D eigenvalue weighted by Crippen LogP contribution is -2.43. The molecule has 0 aromatic heterocycles. The van der Waals surface area contributed by atoms with Crippen molar-refractivity contribution in [2.45, 2.75) is 19.1 Å². The molecular weight excluding hydrogens is 308 g/mol. The molecule has 0 saturated carbocycles. The average molecular weight is 334 g/mol. The summed E-state index contributed by atoms with van der Waals surface area (Å²) in [7, 11) is 2.18. The maximum atomic E-state index is 12.0. The van der Waals surface area contributed by atoms with Crippen molar-refractivity contribution in [3.63, 3.8) is 0 Å². The highest BCUT2D eigenvalue weighted by Crippen LogP contribution is 2.11. The SMILES string of the molecule is CN1CCN(Cc2ccc(CNC(=O)C3CSCN3)cc2)CC1. The number of nitrogens with zero attached hydrogens (tertiary/aromatic N) is 2. The third-order valence-electron chi connectivity index (χ3n) is 4.52. The van der Waals surface area contributed by atoms with Crippen LogP contribution in [0.2, 0.25) is 0 Å². The summed E-state index contributed by atoms with van der Waals surface area (Å²) >= 11 is 1.77. The van der Waals surface area contributed by atoms with E-state index in [1.54, 1.807) is 11.8 Å². The lowest BCUT2D eigenvalue weighted by atomic mass is 10.1. The molecule has 1 aromatic carbocycles. The molecule has 2 saturated heterocycles. The van der Waals surface area contributed by atoms with E-state index in [2.05, 4.69) is 51.7 Å². The highest BCUT2D eigenvalue weighted by molar-refractivity contribution is 7.99. The van der Waals surface area contributed by atoms with Crippen LogP contribution in [0, 0.1) is 0 Å². The minimum atomic E-state index is -0.0310. The number of hydrogen-bond acceptors (Lipinski definition) is 5. The van der Waals surface area contributed by atoms with Crippen molar-refractivity contribution >= 4 is 17.7 Å². The molecule has 2 aliphatic heterocycles. The summed E-state index contributed by atoms with van der Waals surface area (Å²) in [6.45, 7) is 6.21. The Balaban J connectivity index is 1.44. The molecular formula is C17H26N4OS. The van der Waals surface area contributed by atoms with E-state index in [1.165, 1.54) is 5.56 Å². The number of piperazine rings is 1. The van der Waals surface area contributed by atoms with Crippen LogP contribution in [0.3, 0.4) is 0 Å². The molecule has 0 radical (unpaired) electrons. The van der Waals surface area contributed by atoms with E-state index in [-0.39, 0.29) is 11.9 Å². The van der Waals surface area contributed by atoms with Crippen molar-refractivity contribution in [3.8, 4) is 0 Å². The number of thioether (sulfide) groups is 1. The normalized spacial score (nSPS) is 23.1. The first-order valence-corrected chi connectivity index (χ1v) is 9.44. The van der Waals surface area contributed by atoms with Crippen LogP contribution in [0.5, 0.6) is 0 Å². The Hall–Kier alpha value is -1.08. The van der Waals surface area contributed by atoms with Gasteiger partial charge in [-0.05, 0) is 18.2 Å². The number of rotatable bonds is 5. The number of carbonyl (C=O) groups is 1. The second-order valence-electron chi connectivity index (χ2n) is 6.39. The molecule has 3 rings (SSSR count). The van der Waals surface area contributed by atoms with E-state index in [0.29, 0.717) is 6.54 Å². The maximum Gasteiger partial charge on any atom is 0.238 e. The highest BCUT2D eigenvalue weighted by atomic mass is 32.2. The van der Waals surface area contributed by atoms with Gasteiger partial charge in [0, 0.05) is 50.9 Å². The van der Waals surface area contributed by atoms with Crippen LogP contribution in [0.4, 0.5) is 0 Å². The fourth-order valence-electron chi connectivity index (χ4n) is 2.90. The molecule has 23 heavy (non-hydrogen) atoms. The van der Waals surface area contributed by atoms with Gasteiger partial charge in [0.1, 0.15) is 0 Å². The van der Waals surface area contributed by atoms with Crippen molar-refractivity contribution in [2.75, 3.05) is 44.9 Å². The van der Waals surface area contributed by atoms with Crippen LogP contribution < -0.4 is 10.6 Å². The van der Waals surface area contributed by atoms with Crippen LogP contribution in [-0.4, -0.2) is 66.6 Å². The first kappa shape index (κ1) is 16.8. The highest BCUT2D eigenvalue weighted by Gasteiger charge is 2.21. The van der Waals surface area contributed by atoms with Crippen LogP contribution >= 0.6 is 11.8 Å².